The standard InChI is InChI=1S/C20H19F2NO4/c1-12(2)18(23-19(25)13-6-4-3-5-7-13)20(26)27-11-17(24)15-10-14(21)8-9-16(15)22/h3-10,12,18H,11H2,1-2H3,(H,23,25)/t18-/m0/s1. The van der Waals surface area contributed by atoms with Gasteiger partial charge in [-0.1, -0.05) is 32.0 Å². The number of Topliss-reactive ketones (excluding diaryl/α,β-unsaturated/α-hetero) is 1. The number of halogens is 2. The number of amides is 1. The maximum absolute atomic E-state index is 13.6. The Morgan fingerprint density at radius 1 is 1.04 bits per heavy atom. The van der Waals surface area contributed by atoms with E-state index in [9.17, 15) is 23.2 Å². The third-order valence-corrected chi connectivity index (χ3v) is 3.82. The van der Waals surface area contributed by atoms with Crippen molar-refractivity contribution in [2.45, 2.75) is 19.9 Å². The quantitative estimate of drug-likeness (QED) is 0.596. The minimum absolute atomic E-state index is 0.314. The van der Waals surface area contributed by atoms with Crippen molar-refractivity contribution >= 4 is 17.7 Å². The number of hydrogen-bond donors (Lipinski definition) is 1. The van der Waals surface area contributed by atoms with Gasteiger partial charge in [0.2, 0.25) is 5.78 Å². The van der Waals surface area contributed by atoms with Gasteiger partial charge in [-0.25, -0.2) is 13.6 Å². The van der Waals surface area contributed by atoms with Crippen molar-refractivity contribution in [3.63, 3.8) is 0 Å². The Kier molecular flexibility index (Phi) is 6.76. The first-order valence-corrected chi connectivity index (χ1v) is 8.30. The second-order valence-corrected chi connectivity index (χ2v) is 6.22. The van der Waals surface area contributed by atoms with Gasteiger partial charge in [-0.15, -0.1) is 0 Å². The fourth-order valence-electron chi connectivity index (χ4n) is 2.33. The van der Waals surface area contributed by atoms with Gasteiger partial charge in [0.15, 0.2) is 6.61 Å². The number of rotatable bonds is 7. The summed E-state index contributed by atoms with van der Waals surface area (Å²) in [4.78, 5) is 36.5. The second kappa shape index (κ2) is 9.02. The molecule has 0 saturated heterocycles. The summed E-state index contributed by atoms with van der Waals surface area (Å²) in [5, 5.41) is 2.56. The average Bonchev–Trinajstić information content (AvgIpc) is 2.66. The Balaban J connectivity index is 2.01. The van der Waals surface area contributed by atoms with Crippen molar-refractivity contribution in [1.82, 2.24) is 5.32 Å². The van der Waals surface area contributed by atoms with E-state index in [0.717, 1.165) is 18.2 Å². The molecule has 0 bridgehead atoms. The number of benzene rings is 2. The normalized spacial score (nSPS) is 11.7. The molecule has 1 atom stereocenters. The Bertz CT molecular complexity index is 837. The van der Waals surface area contributed by atoms with E-state index in [1.165, 1.54) is 0 Å². The summed E-state index contributed by atoms with van der Waals surface area (Å²) < 4.78 is 31.7. The van der Waals surface area contributed by atoms with Gasteiger partial charge in [-0.2, -0.15) is 0 Å². The summed E-state index contributed by atoms with van der Waals surface area (Å²) in [5.74, 6) is -4.17. The lowest BCUT2D eigenvalue weighted by Crippen LogP contribution is -2.45. The highest BCUT2D eigenvalue weighted by atomic mass is 19.1. The first-order chi connectivity index (χ1) is 12.8. The molecule has 0 aliphatic rings. The zero-order valence-corrected chi connectivity index (χ0v) is 14.9. The van der Waals surface area contributed by atoms with Crippen LogP contribution in [0.5, 0.6) is 0 Å². The van der Waals surface area contributed by atoms with Gasteiger partial charge in [0, 0.05) is 5.56 Å². The summed E-state index contributed by atoms with van der Waals surface area (Å²) in [6.45, 7) is 2.64. The van der Waals surface area contributed by atoms with Gasteiger partial charge in [0.05, 0.1) is 5.56 Å². The van der Waals surface area contributed by atoms with E-state index in [-0.39, 0.29) is 5.92 Å². The van der Waals surface area contributed by atoms with Crippen LogP contribution in [0.25, 0.3) is 0 Å². The Hall–Kier alpha value is -3.09. The van der Waals surface area contributed by atoms with Crippen LogP contribution in [0.1, 0.15) is 34.6 Å². The second-order valence-electron chi connectivity index (χ2n) is 6.22. The molecule has 0 spiro atoms. The fourth-order valence-corrected chi connectivity index (χ4v) is 2.33. The number of nitrogens with one attached hydrogen (secondary N) is 1. The molecule has 7 heteroatoms. The Labute approximate surface area is 155 Å². The van der Waals surface area contributed by atoms with Crippen LogP contribution in [0, 0.1) is 17.6 Å². The lowest BCUT2D eigenvalue weighted by atomic mass is 10.0. The lowest BCUT2D eigenvalue weighted by Gasteiger charge is -2.20. The van der Waals surface area contributed by atoms with Crippen LogP contribution in [-0.2, 0) is 9.53 Å². The highest BCUT2D eigenvalue weighted by Gasteiger charge is 2.27. The molecule has 0 radical (unpaired) electrons. The highest BCUT2D eigenvalue weighted by molar-refractivity contribution is 5.99. The molecule has 2 aromatic carbocycles. The molecule has 0 aromatic heterocycles. The van der Waals surface area contributed by atoms with Crippen molar-refractivity contribution in [2.75, 3.05) is 6.61 Å². The fraction of sp³-hybridized carbons (Fsp3) is 0.250. The number of ether oxygens (including phenoxy) is 1. The zero-order chi connectivity index (χ0) is 20.0. The van der Waals surface area contributed by atoms with Crippen molar-refractivity contribution in [2.24, 2.45) is 5.92 Å². The topological polar surface area (TPSA) is 72.5 Å². The first kappa shape index (κ1) is 20.2. The van der Waals surface area contributed by atoms with E-state index < -0.39 is 47.5 Å². The van der Waals surface area contributed by atoms with E-state index in [1.807, 2.05) is 0 Å². The zero-order valence-electron chi connectivity index (χ0n) is 14.9. The molecule has 0 aliphatic carbocycles. The number of carbonyl (C=O) groups is 3. The molecule has 0 aliphatic heterocycles. The van der Waals surface area contributed by atoms with E-state index in [1.54, 1.807) is 44.2 Å². The van der Waals surface area contributed by atoms with Crippen molar-refractivity contribution < 1.29 is 27.9 Å². The van der Waals surface area contributed by atoms with Gasteiger partial charge >= 0.3 is 5.97 Å². The molecule has 27 heavy (non-hydrogen) atoms. The number of hydrogen-bond acceptors (Lipinski definition) is 4. The molecular weight excluding hydrogens is 356 g/mol. The van der Waals surface area contributed by atoms with Crippen LogP contribution in [0.15, 0.2) is 48.5 Å². The van der Waals surface area contributed by atoms with Crippen LogP contribution in [-0.4, -0.2) is 30.3 Å². The Morgan fingerprint density at radius 3 is 2.33 bits per heavy atom. The van der Waals surface area contributed by atoms with Gasteiger partial charge in [0.25, 0.3) is 5.91 Å². The van der Waals surface area contributed by atoms with E-state index in [4.69, 9.17) is 4.74 Å². The number of ketones is 1. The van der Waals surface area contributed by atoms with E-state index >= 15 is 0 Å². The van der Waals surface area contributed by atoms with Crippen LogP contribution < -0.4 is 5.32 Å². The molecule has 142 valence electrons. The molecule has 5 nitrogen and oxygen atoms in total. The lowest BCUT2D eigenvalue weighted by molar-refractivity contribution is -0.145. The van der Waals surface area contributed by atoms with E-state index in [0.29, 0.717) is 5.56 Å². The summed E-state index contributed by atoms with van der Waals surface area (Å²) in [6.07, 6.45) is 0. The van der Waals surface area contributed by atoms with Gasteiger partial charge in [-0.05, 0) is 36.2 Å². The monoisotopic (exact) mass is 375 g/mol. The van der Waals surface area contributed by atoms with Crippen molar-refractivity contribution in [3.05, 3.63) is 71.3 Å². The maximum Gasteiger partial charge on any atom is 0.329 e. The van der Waals surface area contributed by atoms with Crippen LogP contribution in [0.4, 0.5) is 8.78 Å². The molecule has 0 heterocycles. The third kappa shape index (κ3) is 5.44. The predicted molar refractivity (Wildman–Crippen MR) is 94.2 cm³/mol. The number of esters is 1. The molecule has 2 rings (SSSR count). The molecule has 0 fully saturated rings. The van der Waals surface area contributed by atoms with Gasteiger partial charge in [0.1, 0.15) is 17.7 Å². The van der Waals surface area contributed by atoms with Crippen LogP contribution in [0.3, 0.4) is 0 Å². The highest BCUT2D eigenvalue weighted by Crippen LogP contribution is 2.12. The van der Waals surface area contributed by atoms with Crippen LogP contribution in [0.2, 0.25) is 0 Å². The average molecular weight is 375 g/mol. The molecule has 1 amide bonds. The minimum Gasteiger partial charge on any atom is -0.456 e. The molecule has 2 aromatic rings. The van der Waals surface area contributed by atoms with Gasteiger partial charge in [-0.3, -0.25) is 9.59 Å². The summed E-state index contributed by atoms with van der Waals surface area (Å²) >= 11 is 0. The summed E-state index contributed by atoms with van der Waals surface area (Å²) in [6, 6.07) is 9.75. The van der Waals surface area contributed by atoms with Gasteiger partial charge < -0.3 is 10.1 Å². The summed E-state index contributed by atoms with van der Waals surface area (Å²) in [7, 11) is 0. The largest absolute Gasteiger partial charge is 0.456 e. The SMILES string of the molecule is CC(C)[C@H](NC(=O)c1ccccc1)C(=O)OCC(=O)c1cc(F)ccc1F. The smallest absolute Gasteiger partial charge is 0.329 e. The van der Waals surface area contributed by atoms with Crippen molar-refractivity contribution in [3.8, 4) is 0 Å². The first-order valence-electron chi connectivity index (χ1n) is 8.30. The van der Waals surface area contributed by atoms with Crippen LogP contribution >= 0.6 is 0 Å². The summed E-state index contributed by atoms with van der Waals surface area (Å²) in [5.41, 5.74) is -0.133. The molecular formula is C20H19F2NO4. The molecule has 0 unspecified atom stereocenters. The predicted octanol–water partition coefficient (Wildman–Crippen LogP) is 3.15. The minimum atomic E-state index is -0.997. The number of carbonyl (C=O) groups excluding carboxylic acids is 3. The third-order valence-electron chi connectivity index (χ3n) is 3.82. The maximum atomic E-state index is 13.6. The van der Waals surface area contributed by atoms with E-state index in [2.05, 4.69) is 5.32 Å². The Morgan fingerprint density at radius 2 is 1.70 bits per heavy atom. The van der Waals surface area contributed by atoms with Crippen molar-refractivity contribution in [1.29, 1.82) is 0 Å². The molecule has 1 N–H and O–H groups in total. The molecule has 0 saturated carbocycles.